The zero-order valence-electron chi connectivity index (χ0n) is 12.2. The predicted molar refractivity (Wildman–Crippen MR) is 78.4 cm³/mol. The maximum atomic E-state index is 11.7. The first kappa shape index (κ1) is 14.8. The second-order valence-corrected chi connectivity index (χ2v) is 4.50. The summed E-state index contributed by atoms with van der Waals surface area (Å²) in [6.45, 7) is 5.64. The van der Waals surface area contributed by atoms with Gasteiger partial charge in [0, 0.05) is 11.9 Å². The van der Waals surface area contributed by atoms with Crippen LogP contribution in [0.1, 0.15) is 28.5 Å². The van der Waals surface area contributed by atoms with Crippen LogP contribution in [0, 0.1) is 13.8 Å². The van der Waals surface area contributed by atoms with E-state index in [4.69, 9.17) is 15.2 Å². The Morgan fingerprint density at radius 2 is 2.10 bits per heavy atom. The number of hydrogen-bond acceptors (Lipinski definition) is 6. The number of aromatic nitrogens is 2. The number of carbonyl (C=O) groups excluding carboxylic acids is 1. The number of rotatable bonds is 4. The number of aryl methyl sites for hydroxylation is 2. The van der Waals surface area contributed by atoms with E-state index in [-0.39, 0.29) is 6.01 Å². The third kappa shape index (κ3) is 3.47. The summed E-state index contributed by atoms with van der Waals surface area (Å²) in [4.78, 5) is 19.9. The molecule has 2 aromatic rings. The van der Waals surface area contributed by atoms with E-state index < -0.39 is 5.97 Å². The summed E-state index contributed by atoms with van der Waals surface area (Å²) < 4.78 is 10.5. The molecule has 0 amide bonds. The standard InChI is InChI=1S/C15H17N3O3/c1-4-20-14(19)12-8-17-15(18-10(12)3)21-13-6-5-11(16)7-9(13)2/h5-8H,4,16H2,1-3H3. The SMILES string of the molecule is CCOC(=O)c1cnc(Oc2ccc(N)cc2C)nc1C. The van der Waals surface area contributed by atoms with Gasteiger partial charge in [0.1, 0.15) is 5.75 Å². The fourth-order valence-corrected chi connectivity index (χ4v) is 1.79. The van der Waals surface area contributed by atoms with Crippen LogP contribution in [0.2, 0.25) is 0 Å². The molecule has 0 aliphatic heterocycles. The maximum Gasteiger partial charge on any atom is 0.341 e. The fourth-order valence-electron chi connectivity index (χ4n) is 1.79. The van der Waals surface area contributed by atoms with Crippen molar-refractivity contribution in [3.63, 3.8) is 0 Å². The largest absolute Gasteiger partial charge is 0.462 e. The van der Waals surface area contributed by atoms with Crippen molar-refractivity contribution in [2.24, 2.45) is 0 Å². The lowest BCUT2D eigenvalue weighted by atomic mass is 10.2. The zero-order valence-corrected chi connectivity index (χ0v) is 12.2. The Morgan fingerprint density at radius 1 is 1.33 bits per heavy atom. The van der Waals surface area contributed by atoms with Gasteiger partial charge in [-0.25, -0.2) is 9.78 Å². The van der Waals surface area contributed by atoms with E-state index in [0.29, 0.717) is 29.3 Å². The number of benzene rings is 1. The lowest BCUT2D eigenvalue weighted by molar-refractivity contribution is 0.0524. The van der Waals surface area contributed by atoms with Gasteiger partial charge in [-0.05, 0) is 44.5 Å². The normalized spacial score (nSPS) is 10.2. The zero-order chi connectivity index (χ0) is 15.4. The van der Waals surface area contributed by atoms with Gasteiger partial charge in [-0.1, -0.05) is 0 Å². The molecular weight excluding hydrogens is 270 g/mol. The van der Waals surface area contributed by atoms with Gasteiger partial charge in [0.15, 0.2) is 0 Å². The van der Waals surface area contributed by atoms with E-state index in [1.54, 1.807) is 32.0 Å². The molecule has 0 unspecified atom stereocenters. The first-order valence-electron chi connectivity index (χ1n) is 6.56. The second-order valence-electron chi connectivity index (χ2n) is 4.50. The first-order chi connectivity index (χ1) is 10.0. The summed E-state index contributed by atoms with van der Waals surface area (Å²) in [6, 6.07) is 5.47. The molecule has 6 nitrogen and oxygen atoms in total. The van der Waals surface area contributed by atoms with Gasteiger partial charge in [0.25, 0.3) is 0 Å². The molecule has 0 bridgehead atoms. The van der Waals surface area contributed by atoms with Gasteiger partial charge in [-0.2, -0.15) is 4.98 Å². The molecule has 21 heavy (non-hydrogen) atoms. The number of ether oxygens (including phenoxy) is 2. The van der Waals surface area contributed by atoms with E-state index in [1.165, 1.54) is 6.20 Å². The molecule has 0 radical (unpaired) electrons. The molecule has 0 aliphatic carbocycles. The lowest BCUT2D eigenvalue weighted by Crippen LogP contribution is -2.09. The summed E-state index contributed by atoms with van der Waals surface area (Å²) in [5.74, 6) is 0.178. The number of anilines is 1. The molecule has 0 aliphatic rings. The smallest absolute Gasteiger partial charge is 0.341 e. The molecule has 0 saturated heterocycles. The molecule has 1 heterocycles. The Morgan fingerprint density at radius 3 is 2.71 bits per heavy atom. The van der Waals surface area contributed by atoms with Crippen LogP contribution in [0.15, 0.2) is 24.4 Å². The quantitative estimate of drug-likeness (QED) is 0.687. The number of nitrogens with two attached hydrogens (primary N) is 1. The first-order valence-corrected chi connectivity index (χ1v) is 6.56. The summed E-state index contributed by atoms with van der Waals surface area (Å²) in [6.07, 6.45) is 1.41. The molecule has 1 aromatic carbocycles. The molecular formula is C15H17N3O3. The average Bonchev–Trinajstić information content (AvgIpc) is 2.42. The Bertz CT molecular complexity index is 671. The van der Waals surface area contributed by atoms with E-state index in [2.05, 4.69) is 9.97 Å². The molecule has 1 aromatic heterocycles. The molecule has 110 valence electrons. The molecule has 0 spiro atoms. The van der Waals surface area contributed by atoms with Crippen molar-refractivity contribution in [3.05, 3.63) is 41.2 Å². The fraction of sp³-hybridized carbons (Fsp3) is 0.267. The van der Waals surface area contributed by atoms with Crippen LogP contribution in [0.5, 0.6) is 11.8 Å². The Balaban J connectivity index is 2.22. The van der Waals surface area contributed by atoms with Gasteiger partial charge in [0.05, 0.1) is 17.9 Å². The van der Waals surface area contributed by atoms with Crippen LogP contribution in [-0.2, 0) is 4.74 Å². The summed E-state index contributed by atoms with van der Waals surface area (Å²) in [5, 5.41) is 0. The molecule has 6 heteroatoms. The minimum Gasteiger partial charge on any atom is -0.462 e. The van der Waals surface area contributed by atoms with Gasteiger partial charge in [0.2, 0.25) is 0 Å². The monoisotopic (exact) mass is 287 g/mol. The van der Waals surface area contributed by atoms with E-state index in [1.807, 2.05) is 6.92 Å². The second kappa shape index (κ2) is 6.21. The maximum absolute atomic E-state index is 11.7. The lowest BCUT2D eigenvalue weighted by Gasteiger charge is -2.09. The van der Waals surface area contributed by atoms with Crippen molar-refractivity contribution in [1.82, 2.24) is 9.97 Å². The Labute approximate surface area is 122 Å². The van der Waals surface area contributed by atoms with Crippen LogP contribution in [0.4, 0.5) is 5.69 Å². The summed E-state index contributed by atoms with van der Waals surface area (Å²) in [7, 11) is 0. The van der Waals surface area contributed by atoms with Crippen molar-refractivity contribution >= 4 is 11.7 Å². The van der Waals surface area contributed by atoms with E-state index in [0.717, 1.165) is 5.56 Å². The highest BCUT2D eigenvalue weighted by Gasteiger charge is 2.14. The van der Waals surface area contributed by atoms with Crippen molar-refractivity contribution < 1.29 is 14.3 Å². The van der Waals surface area contributed by atoms with Crippen molar-refractivity contribution in [1.29, 1.82) is 0 Å². The van der Waals surface area contributed by atoms with Gasteiger partial charge < -0.3 is 15.2 Å². The summed E-state index contributed by atoms with van der Waals surface area (Å²) >= 11 is 0. The minimum absolute atomic E-state index is 0.174. The van der Waals surface area contributed by atoms with E-state index >= 15 is 0 Å². The van der Waals surface area contributed by atoms with Crippen molar-refractivity contribution in [3.8, 4) is 11.8 Å². The van der Waals surface area contributed by atoms with Gasteiger partial charge >= 0.3 is 12.0 Å². The van der Waals surface area contributed by atoms with Gasteiger partial charge in [-0.15, -0.1) is 0 Å². The highest BCUT2D eigenvalue weighted by Crippen LogP contribution is 2.24. The van der Waals surface area contributed by atoms with Crippen molar-refractivity contribution in [2.45, 2.75) is 20.8 Å². The van der Waals surface area contributed by atoms with E-state index in [9.17, 15) is 4.79 Å². The highest BCUT2D eigenvalue weighted by molar-refractivity contribution is 5.90. The van der Waals surface area contributed by atoms with Crippen LogP contribution in [0.3, 0.4) is 0 Å². The number of carbonyl (C=O) groups is 1. The van der Waals surface area contributed by atoms with Crippen LogP contribution >= 0.6 is 0 Å². The van der Waals surface area contributed by atoms with Crippen LogP contribution in [0.25, 0.3) is 0 Å². The average molecular weight is 287 g/mol. The summed E-state index contributed by atoms with van der Waals surface area (Å²) in [5.41, 5.74) is 8.07. The Hall–Kier alpha value is -2.63. The number of esters is 1. The van der Waals surface area contributed by atoms with Crippen LogP contribution in [-0.4, -0.2) is 22.5 Å². The van der Waals surface area contributed by atoms with Crippen LogP contribution < -0.4 is 10.5 Å². The third-order valence-corrected chi connectivity index (χ3v) is 2.85. The molecule has 2 rings (SSSR count). The number of nitrogen functional groups attached to an aromatic ring is 1. The van der Waals surface area contributed by atoms with Gasteiger partial charge in [-0.3, -0.25) is 0 Å². The van der Waals surface area contributed by atoms with Crippen molar-refractivity contribution in [2.75, 3.05) is 12.3 Å². The number of hydrogen-bond donors (Lipinski definition) is 1. The molecule has 0 fully saturated rings. The third-order valence-electron chi connectivity index (χ3n) is 2.85. The minimum atomic E-state index is -0.440. The topological polar surface area (TPSA) is 87.3 Å². The molecule has 0 saturated carbocycles. The Kier molecular flexibility index (Phi) is 4.37. The molecule has 0 atom stereocenters. The predicted octanol–water partition coefficient (Wildman–Crippen LogP) is 2.64. The molecule has 2 N–H and O–H groups in total. The number of nitrogens with zero attached hydrogens (tertiary/aromatic N) is 2. The highest BCUT2D eigenvalue weighted by atomic mass is 16.5.